The van der Waals surface area contributed by atoms with E-state index in [0.717, 1.165) is 23.8 Å². The lowest BCUT2D eigenvalue weighted by atomic mass is 10.3. The molecule has 2 heterocycles. The summed E-state index contributed by atoms with van der Waals surface area (Å²) < 4.78 is 5.39. The lowest BCUT2D eigenvalue weighted by Crippen LogP contribution is -2.26. The summed E-state index contributed by atoms with van der Waals surface area (Å²) in [5.74, 6) is 1.81. The Morgan fingerprint density at radius 3 is 2.88 bits per heavy atom. The monoisotopic (exact) mass is 229 g/mol. The van der Waals surface area contributed by atoms with Gasteiger partial charge in [0, 0.05) is 12.2 Å². The van der Waals surface area contributed by atoms with Crippen molar-refractivity contribution < 1.29 is 4.42 Å². The van der Waals surface area contributed by atoms with E-state index < -0.39 is 0 Å². The summed E-state index contributed by atoms with van der Waals surface area (Å²) >= 11 is 0. The number of furan rings is 1. The SMILES string of the molecule is Nc1cccnc1N(Cc1ccco1)C1CC1. The van der Waals surface area contributed by atoms with E-state index in [9.17, 15) is 0 Å². The molecule has 0 bridgehead atoms. The number of hydrogen-bond donors (Lipinski definition) is 1. The van der Waals surface area contributed by atoms with Crippen molar-refractivity contribution >= 4 is 11.5 Å². The van der Waals surface area contributed by atoms with Gasteiger partial charge in [0.05, 0.1) is 18.5 Å². The molecule has 0 amide bonds. The third kappa shape index (κ3) is 2.11. The predicted molar refractivity (Wildman–Crippen MR) is 66.6 cm³/mol. The fourth-order valence-corrected chi connectivity index (χ4v) is 1.98. The van der Waals surface area contributed by atoms with Crippen LogP contribution in [0.2, 0.25) is 0 Å². The molecular formula is C13H15N3O. The van der Waals surface area contributed by atoms with Gasteiger partial charge in [-0.05, 0) is 37.1 Å². The Morgan fingerprint density at radius 2 is 2.24 bits per heavy atom. The molecule has 1 fully saturated rings. The Kier molecular flexibility index (Phi) is 2.48. The van der Waals surface area contributed by atoms with Gasteiger partial charge in [-0.25, -0.2) is 4.98 Å². The predicted octanol–water partition coefficient (Wildman–Crippen LogP) is 2.43. The summed E-state index contributed by atoms with van der Waals surface area (Å²) in [6, 6.07) is 8.19. The van der Waals surface area contributed by atoms with Crippen LogP contribution < -0.4 is 10.6 Å². The molecule has 2 aromatic heterocycles. The first-order valence-corrected chi connectivity index (χ1v) is 5.84. The third-order valence-corrected chi connectivity index (χ3v) is 2.98. The van der Waals surface area contributed by atoms with E-state index in [0.29, 0.717) is 6.04 Å². The largest absolute Gasteiger partial charge is 0.467 e. The minimum absolute atomic E-state index is 0.553. The zero-order valence-electron chi connectivity index (χ0n) is 9.54. The van der Waals surface area contributed by atoms with Crippen molar-refractivity contribution in [2.24, 2.45) is 0 Å². The van der Waals surface area contributed by atoms with Crippen molar-refractivity contribution in [3.05, 3.63) is 42.5 Å². The quantitative estimate of drug-likeness (QED) is 0.874. The van der Waals surface area contributed by atoms with Gasteiger partial charge in [0.2, 0.25) is 0 Å². The van der Waals surface area contributed by atoms with E-state index in [4.69, 9.17) is 10.2 Å². The first kappa shape index (κ1) is 10.2. The van der Waals surface area contributed by atoms with Crippen LogP contribution in [0.5, 0.6) is 0 Å². The van der Waals surface area contributed by atoms with E-state index in [-0.39, 0.29) is 0 Å². The number of nitrogen functional groups attached to an aromatic ring is 1. The zero-order chi connectivity index (χ0) is 11.7. The molecule has 0 aliphatic heterocycles. The molecule has 0 atom stereocenters. The van der Waals surface area contributed by atoms with Gasteiger partial charge in [-0.1, -0.05) is 0 Å². The van der Waals surface area contributed by atoms with Crippen molar-refractivity contribution in [2.45, 2.75) is 25.4 Å². The van der Waals surface area contributed by atoms with E-state index in [2.05, 4.69) is 9.88 Å². The number of nitrogens with two attached hydrogens (primary N) is 1. The molecule has 4 nitrogen and oxygen atoms in total. The summed E-state index contributed by atoms with van der Waals surface area (Å²) in [6.45, 7) is 0.735. The van der Waals surface area contributed by atoms with Crippen LogP contribution in [-0.4, -0.2) is 11.0 Å². The average molecular weight is 229 g/mol. The number of nitrogens with zero attached hydrogens (tertiary/aromatic N) is 2. The first-order chi connectivity index (χ1) is 8.34. The molecule has 0 saturated heterocycles. The van der Waals surface area contributed by atoms with E-state index in [1.807, 2.05) is 24.3 Å². The standard InChI is InChI=1S/C13H15N3O/c14-12-4-1-7-15-13(12)16(10-5-6-10)9-11-3-2-8-17-11/h1-4,7-8,10H,5-6,9,14H2. The molecule has 1 saturated carbocycles. The number of pyridine rings is 1. The molecule has 2 N–H and O–H groups in total. The van der Waals surface area contributed by atoms with Gasteiger partial charge < -0.3 is 15.1 Å². The summed E-state index contributed by atoms with van der Waals surface area (Å²) in [5.41, 5.74) is 6.71. The molecule has 3 rings (SSSR count). The summed E-state index contributed by atoms with van der Waals surface area (Å²) in [6.07, 6.45) is 5.89. The van der Waals surface area contributed by atoms with E-state index >= 15 is 0 Å². The second-order valence-corrected chi connectivity index (χ2v) is 4.35. The summed E-state index contributed by atoms with van der Waals surface area (Å²) in [7, 11) is 0. The normalized spacial score (nSPS) is 14.8. The molecule has 0 spiro atoms. The minimum Gasteiger partial charge on any atom is -0.467 e. The molecule has 2 aromatic rings. The van der Waals surface area contributed by atoms with Crippen LogP contribution in [0.4, 0.5) is 11.5 Å². The number of anilines is 2. The second kappa shape index (κ2) is 4.13. The molecule has 1 aliphatic carbocycles. The fourth-order valence-electron chi connectivity index (χ4n) is 1.98. The van der Waals surface area contributed by atoms with E-state index in [1.54, 1.807) is 12.5 Å². The second-order valence-electron chi connectivity index (χ2n) is 4.35. The van der Waals surface area contributed by atoms with Crippen LogP contribution in [-0.2, 0) is 6.54 Å². The van der Waals surface area contributed by atoms with Crippen molar-refractivity contribution in [3.63, 3.8) is 0 Å². The third-order valence-electron chi connectivity index (χ3n) is 2.98. The van der Waals surface area contributed by atoms with Crippen molar-refractivity contribution in [3.8, 4) is 0 Å². The molecule has 0 aromatic carbocycles. The fraction of sp³-hybridized carbons (Fsp3) is 0.308. The summed E-state index contributed by atoms with van der Waals surface area (Å²) in [4.78, 5) is 6.61. The van der Waals surface area contributed by atoms with Crippen LogP contribution >= 0.6 is 0 Å². The van der Waals surface area contributed by atoms with Crippen LogP contribution in [0.1, 0.15) is 18.6 Å². The zero-order valence-corrected chi connectivity index (χ0v) is 9.54. The van der Waals surface area contributed by atoms with Gasteiger partial charge in [0.25, 0.3) is 0 Å². The maximum absolute atomic E-state index is 5.98. The Balaban J connectivity index is 1.88. The Labute approximate surface area is 100 Å². The molecule has 88 valence electrons. The van der Waals surface area contributed by atoms with Crippen LogP contribution in [0.15, 0.2) is 41.1 Å². The van der Waals surface area contributed by atoms with E-state index in [1.165, 1.54) is 12.8 Å². The highest BCUT2D eigenvalue weighted by molar-refractivity contribution is 5.63. The molecule has 0 radical (unpaired) electrons. The van der Waals surface area contributed by atoms with Crippen molar-refractivity contribution in [1.29, 1.82) is 0 Å². The highest BCUT2D eigenvalue weighted by atomic mass is 16.3. The smallest absolute Gasteiger partial charge is 0.152 e. The Bertz CT molecular complexity index is 491. The van der Waals surface area contributed by atoms with Crippen molar-refractivity contribution in [1.82, 2.24) is 4.98 Å². The molecule has 0 unspecified atom stereocenters. The average Bonchev–Trinajstić information content (AvgIpc) is 3.05. The summed E-state index contributed by atoms with van der Waals surface area (Å²) in [5, 5.41) is 0. The van der Waals surface area contributed by atoms with Crippen molar-refractivity contribution in [2.75, 3.05) is 10.6 Å². The van der Waals surface area contributed by atoms with Crippen LogP contribution in [0.3, 0.4) is 0 Å². The molecule has 17 heavy (non-hydrogen) atoms. The van der Waals surface area contributed by atoms with Crippen LogP contribution in [0, 0.1) is 0 Å². The molecule has 1 aliphatic rings. The topological polar surface area (TPSA) is 55.3 Å². The van der Waals surface area contributed by atoms with Crippen LogP contribution in [0.25, 0.3) is 0 Å². The number of rotatable bonds is 4. The Morgan fingerprint density at radius 1 is 1.35 bits per heavy atom. The van der Waals surface area contributed by atoms with Gasteiger partial charge in [-0.3, -0.25) is 0 Å². The van der Waals surface area contributed by atoms with Gasteiger partial charge in [0.15, 0.2) is 5.82 Å². The maximum atomic E-state index is 5.98. The highest BCUT2D eigenvalue weighted by Gasteiger charge is 2.31. The number of hydrogen-bond acceptors (Lipinski definition) is 4. The molecule has 4 heteroatoms. The lowest BCUT2D eigenvalue weighted by Gasteiger charge is -2.23. The minimum atomic E-state index is 0.553. The highest BCUT2D eigenvalue weighted by Crippen LogP contribution is 2.34. The van der Waals surface area contributed by atoms with Gasteiger partial charge in [-0.2, -0.15) is 0 Å². The first-order valence-electron chi connectivity index (χ1n) is 5.84. The lowest BCUT2D eigenvalue weighted by molar-refractivity contribution is 0.500. The maximum Gasteiger partial charge on any atom is 0.152 e. The van der Waals surface area contributed by atoms with Gasteiger partial charge >= 0.3 is 0 Å². The molecular weight excluding hydrogens is 214 g/mol. The van der Waals surface area contributed by atoms with Gasteiger partial charge in [-0.15, -0.1) is 0 Å². The Hall–Kier alpha value is -1.97. The van der Waals surface area contributed by atoms with Gasteiger partial charge in [0.1, 0.15) is 5.76 Å². The number of aromatic nitrogens is 1.